The number of esters is 2. The molecule has 0 radical (unpaired) electrons. The van der Waals surface area contributed by atoms with Gasteiger partial charge in [-0.2, -0.15) is 0 Å². The maximum Gasteiger partial charge on any atom is 0.317 e. The Morgan fingerprint density at radius 2 is 1.67 bits per heavy atom. The zero-order valence-corrected chi connectivity index (χ0v) is 20.8. The Bertz CT molecular complexity index is 1400. The average molecular weight is 546 g/mol. The van der Waals surface area contributed by atoms with E-state index in [9.17, 15) is 34.8 Å². The van der Waals surface area contributed by atoms with Gasteiger partial charge in [0.15, 0.2) is 0 Å². The first-order valence-electron chi connectivity index (χ1n) is 11.6. The molecule has 0 aliphatic carbocycles. The summed E-state index contributed by atoms with van der Waals surface area (Å²) in [4.78, 5) is 36.0. The van der Waals surface area contributed by atoms with Gasteiger partial charge in [0.25, 0.3) is 0 Å². The Morgan fingerprint density at radius 3 is 2.33 bits per heavy atom. The number of carbonyl (C=O) groups is 2. The molecule has 1 fully saturated rings. The number of hydrogen-bond donors (Lipinski definition) is 4. The summed E-state index contributed by atoms with van der Waals surface area (Å²) in [5.41, 5.74) is 0.191. The SMILES string of the molecule is COC(=O)CC(=O)OC[C@@H]1O[C@@H](Oc2cc(O)c3c(=O)c(-c4ccc(OC)cc4)coc3c2)[C@@H](O)[C@@H](O)[C@@H]1O. The van der Waals surface area contributed by atoms with Crippen LogP contribution >= 0.6 is 0 Å². The Balaban J connectivity index is 1.53. The smallest absolute Gasteiger partial charge is 0.317 e. The lowest BCUT2D eigenvalue weighted by atomic mass is 9.99. The van der Waals surface area contributed by atoms with Crippen molar-refractivity contribution in [3.8, 4) is 28.4 Å². The first-order valence-corrected chi connectivity index (χ1v) is 11.6. The summed E-state index contributed by atoms with van der Waals surface area (Å²) in [6.07, 6.45) is -7.54. The van der Waals surface area contributed by atoms with Crippen LogP contribution in [0, 0.1) is 0 Å². The summed E-state index contributed by atoms with van der Waals surface area (Å²) < 4.78 is 31.0. The lowest BCUT2D eigenvalue weighted by Crippen LogP contribution is -2.60. The summed E-state index contributed by atoms with van der Waals surface area (Å²) in [5, 5.41) is 41.4. The number of aliphatic hydroxyl groups excluding tert-OH is 3. The number of aliphatic hydroxyl groups is 3. The molecule has 0 unspecified atom stereocenters. The Hall–Kier alpha value is -4.17. The minimum Gasteiger partial charge on any atom is -0.507 e. The van der Waals surface area contributed by atoms with Crippen LogP contribution < -0.4 is 14.9 Å². The normalized spacial score (nSPS) is 22.7. The molecule has 3 aromatic rings. The molecule has 13 nitrogen and oxygen atoms in total. The van der Waals surface area contributed by atoms with Crippen LogP contribution in [0.2, 0.25) is 0 Å². The van der Waals surface area contributed by atoms with E-state index in [0.717, 1.165) is 13.2 Å². The second-order valence-electron chi connectivity index (χ2n) is 8.59. The van der Waals surface area contributed by atoms with Gasteiger partial charge in [-0.15, -0.1) is 0 Å². The zero-order chi connectivity index (χ0) is 28.3. The predicted molar refractivity (Wildman–Crippen MR) is 131 cm³/mol. The number of carbonyl (C=O) groups excluding carboxylic acids is 2. The highest BCUT2D eigenvalue weighted by Crippen LogP contribution is 2.33. The standard InChI is InChI=1S/C26H26O13/c1-34-13-5-3-12(4-6-13)15-10-36-17-8-14(7-16(27)21(17)22(15)30)38-26-25(33)24(32)23(31)18(39-26)11-37-20(29)9-19(28)35-2/h3-8,10,18,23-27,31-33H,9,11H2,1-2H3/t18-,23+,24-,25-,26+/m0/s1. The Morgan fingerprint density at radius 1 is 0.949 bits per heavy atom. The van der Waals surface area contributed by atoms with Crippen molar-refractivity contribution in [3.63, 3.8) is 0 Å². The highest BCUT2D eigenvalue weighted by atomic mass is 16.7. The molecule has 0 spiro atoms. The number of fused-ring (bicyclic) bond motifs is 1. The van der Waals surface area contributed by atoms with Crippen molar-refractivity contribution in [1.82, 2.24) is 0 Å². The fraction of sp³-hybridized carbons (Fsp3) is 0.346. The van der Waals surface area contributed by atoms with E-state index in [1.807, 2.05) is 0 Å². The number of rotatable bonds is 8. The molecule has 1 saturated heterocycles. The topological polar surface area (TPSA) is 191 Å². The number of phenolic OH excluding ortho intramolecular Hbond substituents is 1. The van der Waals surface area contributed by atoms with Gasteiger partial charge in [0, 0.05) is 12.1 Å². The fourth-order valence-electron chi connectivity index (χ4n) is 3.95. The van der Waals surface area contributed by atoms with Crippen LogP contribution in [0.5, 0.6) is 17.2 Å². The highest BCUT2D eigenvalue weighted by Gasteiger charge is 2.45. The van der Waals surface area contributed by atoms with Crippen LogP contribution in [0.1, 0.15) is 6.42 Å². The number of benzene rings is 2. The van der Waals surface area contributed by atoms with E-state index in [0.29, 0.717) is 11.3 Å². The molecular weight excluding hydrogens is 520 g/mol. The molecule has 13 heteroatoms. The lowest BCUT2D eigenvalue weighted by Gasteiger charge is -2.39. The van der Waals surface area contributed by atoms with Crippen molar-refractivity contribution in [2.75, 3.05) is 20.8 Å². The van der Waals surface area contributed by atoms with E-state index in [2.05, 4.69) is 4.74 Å². The summed E-state index contributed by atoms with van der Waals surface area (Å²) in [6, 6.07) is 9.03. The number of hydrogen-bond acceptors (Lipinski definition) is 13. The van der Waals surface area contributed by atoms with E-state index in [4.69, 9.17) is 23.4 Å². The number of phenols is 1. The van der Waals surface area contributed by atoms with Crippen LogP contribution in [0.15, 0.2) is 51.9 Å². The molecule has 39 heavy (non-hydrogen) atoms. The maximum atomic E-state index is 13.1. The maximum absolute atomic E-state index is 13.1. The third-order valence-corrected chi connectivity index (χ3v) is 6.08. The second-order valence-corrected chi connectivity index (χ2v) is 8.59. The first kappa shape index (κ1) is 27.9. The molecule has 208 valence electrons. The summed E-state index contributed by atoms with van der Waals surface area (Å²) in [5.74, 6) is -1.78. The Kier molecular flexibility index (Phi) is 8.35. The molecule has 1 aliphatic rings. The number of methoxy groups -OCH3 is 2. The summed E-state index contributed by atoms with van der Waals surface area (Å²) in [7, 11) is 2.61. The average Bonchev–Trinajstić information content (AvgIpc) is 2.92. The van der Waals surface area contributed by atoms with Crippen molar-refractivity contribution >= 4 is 22.9 Å². The van der Waals surface area contributed by atoms with Gasteiger partial charge in [-0.25, -0.2) is 0 Å². The van der Waals surface area contributed by atoms with Gasteiger partial charge in [0.1, 0.15) is 71.9 Å². The molecule has 1 aliphatic heterocycles. The first-order chi connectivity index (χ1) is 18.6. The molecule has 4 N–H and O–H groups in total. The van der Waals surface area contributed by atoms with E-state index >= 15 is 0 Å². The van der Waals surface area contributed by atoms with E-state index in [1.54, 1.807) is 24.3 Å². The molecule has 2 heterocycles. The van der Waals surface area contributed by atoms with Gasteiger partial charge in [0.2, 0.25) is 11.7 Å². The van der Waals surface area contributed by atoms with Crippen LogP contribution in [-0.2, 0) is 23.8 Å². The summed E-state index contributed by atoms with van der Waals surface area (Å²) >= 11 is 0. The number of aromatic hydroxyl groups is 1. The van der Waals surface area contributed by atoms with Gasteiger partial charge >= 0.3 is 11.9 Å². The van der Waals surface area contributed by atoms with Crippen LogP contribution in [0.3, 0.4) is 0 Å². The van der Waals surface area contributed by atoms with Crippen LogP contribution in [0.25, 0.3) is 22.1 Å². The van der Waals surface area contributed by atoms with Crippen molar-refractivity contribution < 1.29 is 58.1 Å². The second kappa shape index (κ2) is 11.7. The largest absolute Gasteiger partial charge is 0.507 e. The third kappa shape index (κ3) is 5.96. The quantitative estimate of drug-likeness (QED) is 0.225. The van der Waals surface area contributed by atoms with Gasteiger partial charge in [-0.3, -0.25) is 14.4 Å². The minimum absolute atomic E-state index is 0.0357. The number of ether oxygens (including phenoxy) is 5. The molecule has 0 amide bonds. The molecule has 2 aromatic carbocycles. The molecular formula is C26H26O13. The van der Waals surface area contributed by atoms with Gasteiger partial charge < -0.3 is 48.5 Å². The van der Waals surface area contributed by atoms with E-state index in [-0.39, 0.29) is 22.3 Å². The van der Waals surface area contributed by atoms with Gasteiger partial charge in [0.05, 0.1) is 19.8 Å². The molecule has 5 atom stereocenters. The molecule has 4 rings (SSSR count). The predicted octanol–water partition coefficient (Wildman–Crippen LogP) is 0.467. The van der Waals surface area contributed by atoms with Gasteiger partial charge in [-0.05, 0) is 17.7 Å². The fourth-order valence-corrected chi connectivity index (χ4v) is 3.95. The van der Waals surface area contributed by atoms with Gasteiger partial charge in [-0.1, -0.05) is 12.1 Å². The highest BCUT2D eigenvalue weighted by molar-refractivity contribution is 5.91. The minimum atomic E-state index is -1.76. The van der Waals surface area contributed by atoms with Crippen molar-refractivity contribution in [2.24, 2.45) is 0 Å². The van der Waals surface area contributed by atoms with Crippen LogP contribution in [0.4, 0.5) is 0 Å². The third-order valence-electron chi connectivity index (χ3n) is 6.08. The van der Waals surface area contributed by atoms with Crippen molar-refractivity contribution in [2.45, 2.75) is 37.1 Å². The van der Waals surface area contributed by atoms with E-state index < -0.39 is 66.9 Å². The van der Waals surface area contributed by atoms with E-state index in [1.165, 1.54) is 19.4 Å². The molecule has 0 bridgehead atoms. The lowest BCUT2D eigenvalue weighted by molar-refractivity contribution is -0.278. The van der Waals surface area contributed by atoms with Crippen LogP contribution in [-0.4, -0.2) is 83.9 Å². The van der Waals surface area contributed by atoms with Crippen molar-refractivity contribution in [3.05, 3.63) is 52.9 Å². The van der Waals surface area contributed by atoms with Crippen molar-refractivity contribution in [1.29, 1.82) is 0 Å². The monoisotopic (exact) mass is 546 g/mol. The zero-order valence-electron chi connectivity index (χ0n) is 20.8. The molecule has 0 saturated carbocycles. The Labute approximate surface area is 220 Å². The molecule has 1 aromatic heterocycles. The summed E-state index contributed by atoms with van der Waals surface area (Å²) in [6.45, 7) is -0.577.